The predicted octanol–water partition coefficient (Wildman–Crippen LogP) is 3.67. The standard InChI is InChI=1S/C13H11BrFNO2/c1-8(9-2-4-10(15)5-3-9)16-13(17)11-6-7-18-12(11)14/h2-8H,1H3,(H,16,17). The Bertz CT molecular complexity index is 550. The molecule has 1 N–H and O–H groups in total. The molecule has 1 aromatic carbocycles. The van der Waals surface area contributed by atoms with Crippen molar-refractivity contribution in [1.29, 1.82) is 0 Å². The lowest BCUT2D eigenvalue weighted by molar-refractivity contribution is 0.0938. The molecular formula is C13H11BrFNO2. The van der Waals surface area contributed by atoms with Crippen molar-refractivity contribution in [2.45, 2.75) is 13.0 Å². The van der Waals surface area contributed by atoms with Crippen molar-refractivity contribution in [2.75, 3.05) is 0 Å². The molecule has 0 radical (unpaired) electrons. The number of rotatable bonds is 3. The highest BCUT2D eigenvalue weighted by Crippen LogP contribution is 2.19. The SMILES string of the molecule is CC(NC(=O)c1ccoc1Br)c1ccc(F)cc1. The van der Waals surface area contributed by atoms with Gasteiger partial charge in [0.1, 0.15) is 5.82 Å². The third kappa shape index (κ3) is 2.79. The molecule has 1 atom stereocenters. The first-order valence-corrected chi connectivity index (χ1v) is 6.16. The highest BCUT2D eigenvalue weighted by molar-refractivity contribution is 9.10. The van der Waals surface area contributed by atoms with E-state index in [0.29, 0.717) is 10.2 Å². The van der Waals surface area contributed by atoms with Crippen LogP contribution >= 0.6 is 15.9 Å². The summed E-state index contributed by atoms with van der Waals surface area (Å²) in [5.74, 6) is -0.540. The molecule has 1 amide bonds. The first kappa shape index (κ1) is 12.8. The van der Waals surface area contributed by atoms with Crippen LogP contribution in [0.1, 0.15) is 28.9 Å². The predicted molar refractivity (Wildman–Crippen MR) is 68.7 cm³/mol. The zero-order chi connectivity index (χ0) is 13.1. The lowest BCUT2D eigenvalue weighted by Gasteiger charge is -2.13. The second kappa shape index (κ2) is 5.35. The first-order valence-electron chi connectivity index (χ1n) is 5.37. The van der Waals surface area contributed by atoms with E-state index >= 15 is 0 Å². The molecule has 1 unspecified atom stereocenters. The van der Waals surface area contributed by atoms with Crippen LogP contribution in [0.15, 0.2) is 45.7 Å². The van der Waals surface area contributed by atoms with Gasteiger partial charge < -0.3 is 9.73 Å². The summed E-state index contributed by atoms with van der Waals surface area (Å²) in [7, 11) is 0. The second-order valence-corrected chi connectivity index (χ2v) is 4.57. The average Bonchev–Trinajstić information content (AvgIpc) is 2.76. The summed E-state index contributed by atoms with van der Waals surface area (Å²) in [5, 5.41) is 2.81. The third-order valence-corrected chi connectivity index (χ3v) is 3.19. The smallest absolute Gasteiger partial charge is 0.256 e. The van der Waals surface area contributed by atoms with Gasteiger partial charge in [-0.1, -0.05) is 12.1 Å². The van der Waals surface area contributed by atoms with Crippen LogP contribution in [0.25, 0.3) is 0 Å². The summed E-state index contributed by atoms with van der Waals surface area (Å²) in [6, 6.07) is 7.39. The van der Waals surface area contributed by atoms with Crippen molar-refractivity contribution >= 4 is 21.8 Å². The largest absolute Gasteiger partial charge is 0.457 e. The molecule has 0 saturated heterocycles. The summed E-state index contributed by atoms with van der Waals surface area (Å²) in [4.78, 5) is 11.9. The molecule has 1 heterocycles. The molecule has 0 aliphatic heterocycles. The molecule has 94 valence electrons. The molecule has 1 aromatic heterocycles. The van der Waals surface area contributed by atoms with E-state index in [4.69, 9.17) is 4.42 Å². The van der Waals surface area contributed by atoms with Crippen LogP contribution in [-0.4, -0.2) is 5.91 Å². The number of halogens is 2. The first-order chi connectivity index (χ1) is 8.58. The number of carbonyl (C=O) groups is 1. The van der Waals surface area contributed by atoms with E-state index < -0.39 is 0 Å². The number of amides is 1. The zero-order valence-corrected chi connectivity index (χ0v) is 11.2. The van der Waals surface area contributed by atoms with Crippen molar-refractivity contribution in [3.63, 3.8) is 0 Å². The molecule has 3 nitrogen and oxygen atoms in total. The molecule has 0 spiro atoms. The Hall–Kier alpha value is -1.62. The van der Waals surface area contributed by atoms with Gasteiger partial charge in [0, 0.05) is 0 Å². The van der Waals surface area contributed by atoms with E-state index in [1.54, 1.807) is 18.2 Å². The van der Waals surface area contributed by atoms with Crippen molar-refractivity contribution in [2.24, 2.45) is 0 Å². The van der Waals surface area contributed by atoms with Crippen molar-refractivity contribution in [1.82, 2.24) is 5.32 Å². The summed E-state index contributed by atoms with van der Waals surface area (Å²) < 4.78 is 18.2. The van der Waals surface area contributed by atoms with E-state index in [-0.39, 0.29) is 17.8 Å². The van der Waals surface area contributed by atoms with Gasteiger partial charge in [-0.05, 0) is 46.6 Å². The van der Waals surface area contributed by atoms with Crippen LogP contribution in [0.5, 0.6) is 0 Å². The second-order valence-electron chi connectivity index (χ2n) is 3.85. The maximum atomic E-state index is 12.8. The van der Waals surface area contributed by atoms with Crippen LogP contribution in [-0.2, 0) is 0 Å². The number of nitrogens with one attached hydrogen (secondary N) is 1. The Morgan fingerprint density at radius 3 is 2.56 bits per heavy atom. The normalized spacial score (nSPS) is 12.2. The average molecular weight is 312 g/mol. The molecule has 0 bridgehead atoms. The van der Waals surface area contributed by atoms with E-state index in [0.717, 1.165) is 5.56 Å². The van der Waals surface area contributed by atoms with Crippen LogP contribution in [0.2, 0.25) is 0 Å². The quantitative estimate of drug-likeness (QED) is 0.939. The Balaban J connectivity index is 2.08. The number of carbonyl (C=O) groups excluding carboxylic acids is 1. The molecule has 18 heavy (non-hydrogen) atoms. The molecule has 0 aliphatic carbocycles. The van der Waals surface area contributed by atoms with Crippen molar-refractivity contribution in [3.05, 3.63) is 58.2 Å². The van der Waals surface area contributed by atoms with Gasteiger partial charge in [-0.25, -0.2) is 4.39 Å². The number of furan rings is 1. The van der Waals surface area contributed by atoms with Crippen molar-refractivity contribution < 1.29 is 13.6 Å². The zero-order valence-electron chi connectivity index (χ0n) is 9.61. The fourth-order valence-corrected chi connectivity index (χ4v) is 1.99. The summed E-state index contributed by atoms with van der Waals surface area (Å²) in [6.45, 7) is 1.83. The summed E-state index contributed by atoms with van der Waals surface area (Å²) >= 11 is 3.15. The Morgan fingerprint density at radius 1 is 1.33 bits per heavy atom. The monoisotopic (exact) mass is 311 g/mol. The van der Waals surface area contributed by atoms with Crippen LogP contribution < -0.4 is 5.32 Å². The highest BCUT2D eigenvalue weighted by atomic mass is 79.9. The molecule has 5 heteroatoms. The fourth-order valence-electron chi connectivity index (χ4n) is 1.56. The maximum absolute atomic E-state index is 12.8. The van der Waals surface area contributed by atoms with Gasteiger partial charge in [-0.2, -0.15) is 0 Å². The van der Waals surface area contributed by atoms with Crippen LogP contribution in [0.3, 0.4) is 0 Å². The lowest BCUT2D eigenvalue weighted by Crippen LogP contribution is -2.26. The lowest BCUT2D eigenvalue weighted by atomic mass is 10.1. The number of benzene rings is 1. The molecule has 0 fully saturated rings. The van der Waals surface area contributed by atoms with Crippen LogP contribution in [0, 0.1) is 5.82 Å². The fraction of sp³-hybridized carbons (Fsp3) is 0.154. The van der Waals surface area contributed by atoms with E-state index in [2.05, 4.69) is 21.2 Å². The van der Waals surface area contributed by atoms with Gasteiger partial charge >= 0.3 is 0 Å². The molecule has 2 rings (SSSR count). The van der Waals surface area contributed by atoms with E-state index in [1.807, 2.05) is 6.92 Å². The Kier molecular flexibility index (Phi) is 3.81. The number of hydrogen-bond acceptors (Lipinski definition) is 2. The summed E-state index contributed by atoms with van der Waals surface area (Å²) in [5.41, 5.74) is 1.27. The van der Waals surface area contributed by atoms with E-state index in [9.17, 15) is 9.18 Å². The van der Waals surface area contributed by atoms with Gasteiger partial charge in [-0.15, -0.1) is 0 Å². The highest BCUT2D eigenvalue weighted by Gasteiger charge is 2.15. The van der Waals surface area contributed by atoms with Crippen molar-refractivity contribution in [3.8, 4) is 0 Å². The summed E-state index contributed by atoms with van der Waals surface area (Å²) in [6.07, 6.45) is 1.43. The molecular weight excluding hydrogens is 301 g/mol. The Labute approximate surface area is 112 Å². The minimum atomic E-state index is -0.296. The molecule has 0 saturated carbocycles. The third-order valence-electron chi connectivity index (χ3n) is 2.58. The van der Waals surface area contributed by atoms with Crippen LogP contribution in [0.4, 0.5) is 4.39 Å². The maximum Gasteiger partial charge on any atom is 0.256 e. The van der Waals surface area contributed by atoms with Gasteiger partial charge in [0.2, 0.25) is 0 Å². The molecule has 0 aliphatic rings. The van der Waals surface area contributed by atoms with Gasteiger partial charge in [-0.3, -0.25) is 4.79 Å². The van der Waals surface area contributed by atoms with E-state index in [1.165, 1.54) is 18.4 Å². The van der Waals surface area contributed by atoms with Gasteiger partial charge in [0.25, 0.3) is 5.91 Å². The van der Waals surface area contributed by atoms with Gasteiger partial charge in [0.05, 0.1) is 17.9 Å². The molecule has 2 aromatic rings. The minimum absolute atomic E-state index is 0.208. The Morgan fingerprint density at radius 2 is 2.00 bits per heavy atom. The minimum Gasteiger partial charge on any atom is -0.457 e. The number of hydrogen-bond donors (Lipinski definition) is 1. The van der Waals surface area contributed by atoms with Gasteiger partial charge in [0.15, 0.2) is 4.67 Å². The topological polar surface area (TPSA) is 42.2 Å².